The molecule has 9 heteroatoms. The maximum atomic E-state index is 14.1. The fourth-order valence-electron chi connectivity index (χ4n) is 4.44. The SMILES string of the molecule is COc1ccc2nc(N(Cc3ccccc3)C(=O)C3CCCN3S(=O)(=O)c3ccc(C)cc3)sc2c1. The maximum absolute atomic E-state index is 14.1. The first-order chi connectivity index (χ1) is 17.4. The molecule has 1 aromatic heterocycles. The lowest BCUT2D eigenvalue weighted by Gasteiger charge is -2.28. The number of hydrogen-bond acceptors (Lipinski definition) is 6. The molecule has 1 amide bonds. The third kappa shape index (κ3) is 4.74. The van der Waals surface area contributed by atoms with Crippen molar-refractivity contribution in [1.82, 2.24) is 9.29 Å². The average Bonchev–Trinajstić information content (AvgIpc) is 3.55. The van der Waals surface area contributed by atoms with Crippen LogP contribution in [0.25, 0.3) is 10.2 Å². The first-order valence-electron chi connectivity index (χ1n) is 11.8. The van der Waals surface area contributed by atoms with E-state index >= 15 is 0 Å². The van der Waals surface area contributed by atoms with Gasteiger partial charge < -0.3 is 4.74 Å². The lowest BCUT2D eigenvalue weighted by Crippen LogP contribution is -2.47. The monoisotopic (exact) mass is 521 g/mol. The summed E-state index contributed by atoms with van der Waals surface area (Å²) >= 11 is 1.39. The number of hydrogen-bond donors (Lipinski definition) is 0. The van der Waals surface area contributed by atoms with Gasteiger partial charge in [0.05, 0.1) is 28.8 Å². The summed E-state index contributed by atoms with van der Waals surface area (Å²) in [7, 11) is -2.21. The number of benzene rings is 3. The fraction of sp³-hybridized carbons (Fsp3) is 0.259. The van der Waals surface area contributed by atoms with Crippen LogP contribution in [0.4, 0.5) is 5.13 Å². The smallest absolute Gasteiger partial charge is 0.247 e. The fourth-order valence-corrected chi connectivity index (χ4v) is 7.09. The Morgan fingerprint density at radius 3 is 2.58 bits per heavy atom. The predicted octanol–water partition coefficient (Wildman–Crippen LogP) is 5.00. The lowest BCUT2D eigenvalue weighted by atomic mass is 10.1. The number of thiazole rings is 1. The third-order valence-electron chi connectivity index (χ3n) is 6.38. The average molecular weight is 522 g/mol. The minimum Gasteiger partial charge on any atom is -0.497 e. The quantitative estimate of drug-likeness (QED) is 0.342. The van der Waals surface area contributed by atoms with Crippen molar-refractivity contribution < 1.29 is 17.9 Å². The Kier molecular flexibility index (Phi) is 6.79. The van der Waals surface area contributed by atoms with Crippen molar-refractivity contribution >= 4 is 42.6 Å². The van der Waals surface area contributed by atoms with Crippen LogP contribution in [0.3, 0.4) is 0 Å². The largest absolute Gasteiger partial charge is 0.497 e. The van der Waals surface area contributed by atoms with E-state index in [-0.39, 0.29) is 10.8 Å². The summed E-state index contributed by atoms with van der Waals surface area (Å²) in [6.45, 7) is 2.52. The van der Waals surface area contributed by atoms with Crippen LogP contribution in [0.5, 0.6) is 5.75 Å². The molecule has 1 saturated heterocycles. The first-order valence-corrected chi connectivity index (χ1v) is 14.0. The Bertz CT molecular complexity index is 1480. The van der Waals surface area contributed by atoms with Crippen LogP contribution < -0.4 is 9.64 Å². The second kappa shape index (κ2) is 10.0. The van der Waals surface area contributed by atoms with Gasteiger partial charge in [-0.2, -0.15) is 4.31 Å². The predicted molar refractivity (Wildman–Crippen MR) is 142 cm³/mol. The highest BCUT2D eigenvalue weighted by molar-refractivity contribution is 7.89. The molecule has 36 heavy (non-hydrogen) atoms. The zero-order valence-corrected chi connectivity index (χ0v) is 21.8. The molecule has 5 rings (SSSR count). The molecule has 0 saturated carbocycles. The van der Waals surface area contributed by atoms with Gasteiger partial charge in [0.25, 0.3) is 0 Å². The van der Waals surface area contributed by atoms with Gasteiger partial charge in [0, 0.05) is 6.54 Å². The van der Waals surface area contributed by atoms with Gasteiger partial charge in [-0.15, -0.1) is 0 Å². The number of methoxy groups -OCH3 is 1. The van der Waals surface area contributed by atoms with Crippen molar-refractivity contribution in [2.24, 2.45) is 0 Å². The van der Waals surface area contributed by atoms with Crippen LogP contribution in [-0.4, -0.2) is 43.3 Å². The Hall–Kier alpha value is -3.27. The number of aryl methyl sites for hydroxylation is 1. The molecule has 0 bridgehead atoms. The zero-order chi connectivity index (χ0) is 25.3. The molecule has 1 fully saturated rings. The standard InChI is InChI=1S/C27H27N3O4S2/c1-19-10-13-22(14-11-19)36(32,33)30-16-6-9-24(30)26(31)29(18-20-7-4-3-5-8-20)27-28-23-15-12-21(34-2)17-25(23)35-27/h3-5,7-8,10-15,17,24H,6,9,16,18H2,1-2H3. The van der Waals surface area contributed by atoms with Crippen LogP contribution in [0, 0.1) is 6.92 Å². The van der Waals surface area contributed by atoms with Gasteiger partial charge in [-0.3, -0.25) is 9.69 Å². The Balaban J connectivity index is 1.52. The molecule has 0 spiro atoms. The van der Waals surface area contributed by atoms with E-state index in [2.05, 4.69) is 0 Å². The van der Waals surface area contributed by atoms with Crippen LogP contribution in [-0.2, 0) is 21.4 Å². The number of ether oxygens (including phenoxy) is 1. The molecule has 0 N–H and O–H groups in total. The number of anilines is 1. The van der Waals surface area contributed by atoms with E-state index in [1.165, 1.54) is 15.6 Å². The van der Waals surface area contributed by atoms with E-state index in [0.29, 0.717) is 36.8 Å². The summed E-state index contributed by atoms with van der Waals surface area (Å²) in [5, 5.41) is 0.534. The van der Waals surface area contributed by atoms with E-state index in [0.717, 1.165) is 21.3 Å². The Morgan fingerprint density at radius 2 is 1.86 bits per heavy atom. The first kappa shape index (κ1) is 24.4. The van der Waals surface area contributed by atoms with Crippen molar-refractivity contribution in [2.45, 2.75) is 37.2 Å². The highest BCUT2D eigenvalue weighted by Gasteiger charge is 2.42. The number of carbonyl (C=O) groups excluding carboxylic acids is 1. The van der Waals surface area contributed by atoms with E-state index in [9.17, 15) is 13.2 Å². The molecule has 4 aromatic rings. The molecular weight excluding hydrogens is 494 g/mol. The van der Waals surface area contributed by atoms with Gasteiger partial charge in [-0.05, 0) is 55.7 Å². The van der Waals surface area contributed by atoms with Crippen LogP contribution in [0.15, 0.2) is 77.7 Å². The minimum absolute atomic E-state index is 0.203. The number of rotatable bonds is 7. The van der Waals surface area contributed by atoms with Crippen LogP contribution >= 0.6 is 11.3 Å². The van der Waals surface area contributed by atoms with Gasteiger partial charge in [0.2, 0.25) is 15.9 Å². The summed E-state index contributed by atoms with van der Waals surface area (Å²) in [6, 6.07) is 21.2. The molecule has 2 heterocycles. The highest BCUT2D eigenvalue weighted by Crippen LogP contribution is 2.35. The van der Waals surface area contributed by atoms with Crippen molar-refractivity contribution in [3.05, 3.63) is 83.9 Å². The molecule has 1 unspecified atom stereocenters. The van der Waals surface area contributed by atoms with Gasteiger partial charge in [-0.25, -0.2) is 13.4 Å². The van der Waals surface area contributed by atoms with Gasteiger partial charge in [-0.1, -0.05) is 59.4 Å². The molecule has 0 radical (unpaired) electrons. The number of amides is 1. The van der Waals surface area contributed by atoms with E-state index in [1.54, 1.807) is 36.3 Å². The lowest BCUT2D eigenvalue weighted by molar-refractivity contribution is -0.121. The maximum Gasteiger partial charge on any atom is 0.247 e. The number of nitrogens with zero attached hydrogens (tertiary/aromatic N) is 3. The minimum atomic E-state index is -3.82. The summed E-state index contributed by atoms with van der Waals surface area (Å²) in [5.74, 6) is 0.447. The number of carbonyl (C=O) groups is 1. The summed E-state index contributed by atoms with van der Waals surface area (Å²) in [4.78, 5) is 20.6. The molecule has 0 aliphatic carbocycles. The second-order valence-corrected chi connectivity index (χ2v) is 11.7. The molecule has 1 atom stereocenters. The van der Waals surface area contributed by atoms with Gasteiger partial charge >= 0.3 is 0 Å². The van der Waals surface area contributed by atoms with Crippen molar-refractivity contribution in [2.75, 3.05) is 18.6 Å². The topological polar surface area (TPSA) is 79.8 Å². The number of aromatic nitrogens is 1. The molecule has 1 aliphatic heterocycles. The van der Waals surface area contributed by atoms with E-state index < -0.39 is 16.1 Å². The normalized spacial score (nSPS) is 16.3. The number of sulfonamides is 1. The Morgan fingerprint density at radius 1 is 1.11 bits per heavy atom. The molecule has 7 nitrogen and oxygen atoms in total. The highest BCUT2D eigenvalue weighted by atomic mass is 32.2. The van der Waals surface area contributed by atoms with Crippen molar-refractivity contribution in [1.29, 1.82) is 0 Å². The van der Waals surface area contributed by atoms with Crippen molar-refractivity contribution in [3.8, 4) is 5.75 Å². The molecule has 186 valence electrons. The van der Waals surface area contributed by atoms with Crippen LogP contribution in [0.1, 0.15) is 24.0 Å². The van der Waals surface area contributed by atoms with Crippen molar-refractivity contribution in [3.63, 3.8) is 0 Å². The van der Waals surface area contributed by atoms with E-state index in [4.69, 9.17) is 9.72 Å². The van der Waals surface area contributed by atoms with Crippen LogP contribution in [0.2, 0.25) is 0 Å². The second-order valence-electron chi connectivity index (χ2n) is 8.83. The molecular formula is C27H27N3O4S2. The van der Waals surface area contributed by atoms with Gasteiger partial charge in [0.15, 0.2) is 5.13 Å². The molecule has 1 aliphatic rings. The van der Waals surface area contributed by atoms with Gasteiger partial charge in [0.1, 0.15) is 11.8 Å². The third-order valence-corrected chi connectivity index (χ3v) is 9.34. The van der Waals surface area contributed by atoms with E-state index in [1.807, 2.05) is 55.5 Å². The summed E-state index contributed by atoms with van der Waals surface area (Å²) in [5.41, 5.74) is 2.68. The number of fused-ring (bicyclic) bond motifs is 1. The Labute approximate surface area is 215 Å². The summed E-state index contributed by atoms with van der Waals surface area (Å²) in [6.07, 6.45) is 1.09. The summed E-state index contributed by atoms with van der Waals surface area (Å²) < 4.78 is 34.6. The zero-order valence-electron chi connectivity index (χ0n) is 20.1. The molecule has 3 aromatic carbocycles.